The Bertz CT molecular complexity index is 2320. The number of hydrogen-bond donors (Lipinski definition) is 2. The molecule has 7 aliphatic heterocycles. The first-order chi connectivity index (χ1) is 37.0. The maximum Gasteiger partial charge on any atom is 0.411 e. The van der Waals surface area contributed by atoms with E-state index in [1.165, 1.54) is 4.90 Å². The highest BCUT2D eigenvalue weighted by Crippen LogP contribution is 2.47. The van der Waals surface area contributed by atoms with E-state index >= 15 is 0 Å². The number of ether oxygens (including phenoxy) is 12. The molecule has 78 heavy (non-hydrogen) atoms. The monoisotopic (exact) mass is 1100 g/mol. The number of esters is 2. The standard InChI is InChI=1S/C60H89NO17/c1-14-33(2)52-36(5)22-24-59(77-52)31-42-28-41(76-59)21-20-35(4)51(34(3)17-15-18-40-32-70-54-50(62)37(6)27-44(55(63)73-42)60(40,54)66)74-49-30-47(68-13)53(39(8)72-49)75-48-29-46(67-12)43(38(7)71-48)23-26-69-56(64)45-19-16-25-61(45)57(65)78-58(9,10)11/h15,17-18,20,22-24,27,33-34,36,38-39,41-42,44-54,62,66H,14,16,19,21,25-26,28-32H2,1-13H3/b17-15+,35-20+,40-18+,43-23+. The molecule has 1 spiro atoms. The maximum absolute atomic E-state index is 14.5. The van der Waals surface area contributed by atoms with E-state index in [0.29, 0.717) is 56.2 Å². The molecule has 436 valence electrons. The fourth-order valence-corrected chi connectivity index (χ4v) is 12.6. The number of allylic oxidation sites excluding steroid dienone is 2. The van der Waals surface area contributed by atoms with Crippen LogP contribution in [-0.4, -0.2) is 170 Å². The molecule has 5 fully saturated rings. The molecule has 18 heteroatoms. The Morgan fingerprint density at radius 3 is 2.44 bits per heavy atom. The fraction of sp³-hybridized carbons (Fsp3) is 0.750. The third kappa shape index (κ3) is 13.3. The van der Waals surface area contributed by atoms with Crippen LogP contribution < -0.4 is 0 Å². The summed E-state index contributed by atoms with van der Waals surface area (Å²) in [6.07, 6.45) is 11.2. The first-order valence-corrected chi connectivity index (χ1v) is 28.5. The van der Waals surface area contributed by atoms with Crippen LogP contribution >= 0.6 is 0 Å². The van der Waals surface area contributed by atoms with Crippen molar-refractivity contribution in [2.24, 2.45) is 23.7 Å². The number of aliphatic hydroxyl groups is 2. The number of nitrogens with zero attached hydrogens (tertiary/aromatic N) is 1. The Morgan fingerprint density at radius 1 is 0.962 bits per heavy atom. The predicted octanol–water partition coefficient (Wildman–Crippen LogP) is 7.89. The van der Waals surface area contributed by atoms with E-state index < -0.39 is 121 Å². The summed E-state index contributed by atoms with van der Waals surface area (Å²) in [5, 5.41) is 23.9. The van der Waals surface area contributed by atoms with Gasteiger partial charge in [-0.05, 0) is 108 Å². The summed E-state index contributed by atoms with van der Waals surface area (Å²) in [5.41, 5.74) is 0.181. The Balaban J connectivity index is 0.972. The summed E-state index contributed by atoms with van der Waals surface area (Å²) >= 11 is 0. The zero-order valence-corrected chi connectivity index (χ0v) is 48.3. The van der Waals surface area contributed by atoms with Gasteiger partial charge in [-0.3, -0.25) is 9.69 Å². The zero-order valence-electron chi connectivity index (χ0n) is 48.3. The molecule has 8 rings (SSSR count). The van der Waals surface area contributed by atoms with Crippen molar-refractivity contribution >= 4 is 18.0 Å². The molecule has 1 amide bonds. The lowest BCUT2D eigenvalue weighted by Gasteiger charge is -2.48. The van der Waals surface area contributed by atoms with Crippen LogP contribution in [0.4, 0.5) is 4.79 Å². The van der Waals surface area contributed by atoms with Crippen molar-refractivity contribution in [2.75, 3.05) is 34.0 Å². The molecule has 0 aromatic heterocycles. The largest absolute Gasteiger partial charge is 0.462 e. The summed E-state index contributed by atoms with van der Waals surface area (Å²) in [5.74, 6) is -3.19. The van der Waals surface area contributed by atoms with Gasteiger partial charge in [-0.25, -0.2) is 9.59 Å². The molecular formula is C60H89NO17. The third-order valence-electron chi connectivity index (χ3n) is 17.1. The van der Waals surface area contributed by atoms with Crippen LogP contribution in [0.5, 0.6) is 0 Å². The second-order valence-electron chi connectivity index (χ2n) is 24.0. The third-order valence-corrected chi connectivity index (χ3v) is 17.1. The second kappa shape index (κ2) is 25.1. The van der Waals surface area contributed by atoms with Gasteiger partial charge in [0.15, 0.2) is 18.4 Å². The van der Waals surface area contributed by atoms with Crippen molar-refractivity contribution in [1.29, 1.82) is 0 Å². The summed E-state index contributed by atoms with van der Waals surface area (Å²) in [4.78, 5) is 41.9. The van der Waals surface area contributed by atoms with Gasteiger partial charge in [0.05, 0.1) is 49.3 Å². The number of likely N-dealkylation sites (tertiary alicyclic amines) is 1. The number of carbonyl (C=O) groups is 3. The molecule has 7 heterocycles. The van der Waals surface area contributed by atoms with Gasteiger partial charge in [0.2, 0.25) is 0 Å². The summed E-state index contributed by atoms with van der Waals surface area (Å²) < 4.78 is 76.4. The van der Waals surface area contributed by atoms with Crippen molar-refractivity contribution in [2.45, 2.75) is 230 Å². The zero-order chi connectivity index (χ0) is 56.4. The summed E-state index contributed by atoms with van der Waals surface area (Å²) in [6, 6.07) is -0.711. The molecule has 18 nitrogen and oxygen atoms in total. The maximum atomic E-state index is 14.5. The number of methoxy groups -OCH3 is 2. The minimum absolute atomic E-state index is 0.0116. The summed E-state index contributed by atoms with van der Waals surface area (Å²) in [6.45, 7) is 21.9. The first-order valence-electron chi connectivity index (χ1n) is 28.5. The molecule has 8 aliphatic rings. The van der Waals surface area contributed by atoms with Gasteiger partial charge in [-0.2, -0.15) is 0 Å². The topological polar surface area (TPSA) is 206 Å². The Kier molecular flexibility index (Phi) is 19.4. The molecular weight excluding hydrogens is 1010 g/mol. The van der Waals surface area contributed by atoms with Gasteiger partial charge < -0.3 is 67.1 Å². The van der Waals surface area contributed by atoms with Crippen molar-refractivity contribution in [1.82, 2.24) is 4.90 Å². The quantitative estimate of drug-likeness (QED) is 0.115. The molecule has 0 radical (unpaired) electrons. The number of carbonyl (C=O) groups excluding carboxylic acids is 3. The minimum Gasteiger partial charge on any atom is -0.462 e. The van der Waals surface area contributed by atoms with Crippen molar-refractivity contribution < 1.29 is 81.4 Å². The van der Waals surface area contributed by atoms with Gasteiger partial charge in [0, 0.05) is 58.3 Å². The van der Waals surface area contributed by atoms with Crippen molar-refractivity contribution in [3.05, 3.63) is 70.9 Å². The van der Waals surface area contributed by atoms with Crippen LogP contribution in [0.15, 0.2) is 70.9 Å². The smallest absolute Gasteiger partial charge is 0.411 e. The molecule has 1 aliphatic carbocycles. The highest BCUT2D eigenvalue weighted by Gasteiger charge is 2.60. The molecule has 2 bridgehead atoms. The van der Waals surface area contributed by atoms with Gasteiger partial charge in [0.1, 0.15) is 54.2 Å². The van der Waals surface area contributed by atoms with Crippen LogP contribution in [0.2, 0.25) is 0 Å². The Labute approximate surface area is 461 Å². The van der Waals surface area contributed by atoms with Gasteiger partial charge in [0.25, 0.3) is 0 Å². The van der Waals surface area contributed by atoms with E-state index in [4.69, 9.17) is 56.8 Å². The van der Waals surface area contributed by atoms with Gasteiger partial charge in [-0.1, -0.05) is 70.6 Å². The van der Waals surface area contributed by atoms with Crippen molar-refractivity contribution in [3.8, 4) is 0 Å². The highest BCUT2D eigenvalue weighted by atomic mass is 16.7. The average molecular weight is 1100 g/mol. The average Bonchev–Trinajstić information content (AvgIpc) is 4.16. The molecule has 20 atom stereocenters. The Morgan fingerprint density at radius 2 is 1.72 bits per heavy atom. The van der Waals surface area contributed by atoms with Gasteiger partial charge in [-0.15, -0.1) is 0 Å². The number of amides is 1. The van der Waals surface area contributed by atoms with Crippen LogP contribution in [0.25, 0.3) is 0 Å². The highest BCUT2D eigenvalue weighted by molar-refractivity contribution is 5.82. The molecule has 20 unspecified atom stereocenters. The lowest BCUT2D eigenvalue weighted by molar-refractivity contribution is -0.305. The first kappa shape index (κ1) is 60.3. The minimum atomic E-state index is -1.86. The molecule has 2 N–H and O–H groups in total. The lowest BCUT2D eigenvalue weighted by Crippen LogP contribution is -2.58. The SMILES string of the molecule is CCC(C)C1OC2(C=CC1C)CC1CC(C/C=C(\C)C(OC3CC(OC)C(OC4CC(OC)/C(=C/COC(=O)C5CCCN5C(=O)OC(C)(C)C)C(C)O4)C(C)O3)C(C)/C=C/C=C3\COC4C(O)C(C)=CC(C(=O)O1)C34O)O2. The number of aliphatic hydroxyl groups excluding tert-OH is 1. The van der Waals surface area contributed by atoms with Gasteiger partial charge >= 0.3 is 18.0 Å². The fourth-order valence-electron chi connectivity index (χ4n) is 12.6. The van der Waals surface area contributed by atoms with Crippen LogP contribution in [-0.2, 0) is 66.4 Å². The normalized spacial score (nSPS) is 43.1. The van der Waals surface area contributed by atoms with E-state index in [1.807, 2.05) is 39.0 Å². The molecule has 0 aromatic carbocycles. The Hall–Kier alpha value is -3.79. The molecule has 0 saturated carbocycles. The second-order valence-corrected chi connectivity index (χ2v) is 24.0. The lowest BCUT2D eigenvalue weighted by atomic mass is 9.71. The summed E-state index contributed by atoms with van der Waals surface area (Å²) in [7, 11) is 3.27. The van der Waals surface area contributed by atoms with Crippen LogP contribution in [0.3, 0.4) is 0 Å². The van der Waals surface area contributed by atoms with E-state index in [-0.39, 0.29) is 43.5 Å². The molecule has 0 aromatic rings. The number of rotatable bonds is 11. The van der Waals surface area contributed by atoms with Crippen molar-refractivity contribution in [3.63, 3.8) is 0 Å². The van der Waals surface area contributed by atoms with E-state index in [0.717, 1.165) is 17.6 Å². The van der Waals surface area contributed by atoms with Crippen LogP contribution in [0, 0.1) is 23.7 Å². The van der Waals surface area contributed by atoms with E-state index in [2.05, 4.69) is 39.8 Å². The number of hydrogen-bond acceptors (Lipinski definition) is 17. The van der Waals surface area contributed by atoms with E-state index in [1.54, 1.807) is 60.1 Å². The molecule has 5 saturated heterocycles. The van der Waals surface area contributed by atoms with Crippen LogP contribution in [0.1, 0.15) is 128 Å². The number of fused-ring (bicyclic) bond motifs is 2. The predicted molar refractivity (Wildman–Crippen MR) is 286 cm³/mol. The van der Waals surface area contributed by atoms with E-state index in [9.17, 15) is 24.6 Å².